The van der Waals surface area contributed by atoms with Gasteiger partial charge in [0, 0.05) is 12.1 Å². The Morgan fingerprint density at radius 1 is 1.19 bits per heavy atom. The quantitative estimate of drug-likeness (QED) is 0.778. The molecule has 0 unspecified atom stereocenters. The van der Waals surface area contributed by atoms with Crippen LogP contribution in [0.5, 0.6) is 0 Å². The van der Waals surface area contributed by atoms with Gasteiger partial charge in [-0.2, -0.15) is 0 Å². The molecule has 1 aromatic carbocycles. The van der Waals surface area contributed by atoms with Gasteiger partial charge in [0.1, 0.15) is 5.76 Å². The van der Waals surface area contributed by atoms with Crippen LogP contribution in [0.3, 0.4) is 0 Å². The van der Waals surface area contributed by atoms with Gasteiger partial charge in [-0.15, -0.1) is 0 Å². The van der Waals surface area contributed by atoms with Crippen molar-refractivity contribution < 1.29 is 4.42 Å². The summed E-state index contributed by atoms with van der Waals surface area (Å²) in [6.45, 7) is 8.98. The molecule has 3 aromatic rings. The second kappa shape index (κ2) is 4.74. The zero-order valence-electron chi connectivity index (χ0n) is 13.0. The van der Waals surface area contributed by atoms with Crippen LogP contribution in [0.4, 0.5) is 0 Å². The number of nitrogens with two attached hydrogens (primary N) is 1. The molecule has 0 saturated heterocycles. The summed E-state index contributed by atoms with van der Waals surface area (Å²) in [5, 5.41) is 0. The molecule has 3 rings (SSSR count). The van der Waals surface area contributed by atoms with E-state index >= 15 is 0 Å². The Morgan fingerprint density at radius 2 is 1.95 bits per heavy atom. The number of fused-ring (bicyclic) bond motifs is 1. The van der Waals surface area contributed by atoms with Crippen molar-refractivity contribution >= 4 is 11.0 Å². The third kappa shape index (κ3) is 2.36. The molecule has 0 atom stereocenters. The second-order valence-corrected chi connectivity index (χ2v) is 6.38. The van der Waals surface area contributed by atoms with Crippen LogP contribution >= 0.6 is 0 Å². The monoisotopic (exact) mass is 283 g/mol. The van der Waals surface area contributed by atoms with Gasteiger partial charge in [0.25, 0.3) is 0 Å². The molecule has 21 heavy (non-hydrogen) atoms. The summed E-state index contributed by atoms with van der Waals surface area (Å²) in [7, 11) is 0. The molecule has 0 aliphatic carbocycles. The van der Waals surface area contributed by atoms with Gasteiger partial charge < -0.3 is 14.7 Å². The van der Waals surface area contributed by atoms with Crippen LogP contribution in [0.2, 0.25) is 0 Å². The number of rotatable bonds is 2. The third-order valence-corrected chi connectivity index (χ3v) is 3.59. The van der Waals surface area contributed by atoms with E-state index in [-0.39, 0.29) is 5.54 Å². The van der Waals surface area contributed by atoms with E-state index in [9.17, 15) is 0 Å². The summed E-state index contributed by atoms with van der Waals surface area (Å²) < 4.78 is 8.01. The highest BCUT2D eigenvalue weighted by Crippen LogP contribution is 2.32. The van der Waals surface area contributed by atoms with Crippen molar-refractivity contribution in [3.8, 4) is 11.6 Å². The maximum Gasteiger partial charge on any atom is 0.177 e. The molecule has 0 spiro atoms. The molecule has 110 valence electrons. The van der Waals surface area contributed by atoms with Crippen molar-refractivity contribution in [3.63, 3.8) is 0 Å². The number of nitrogens with zero attached hydrogens (tertiary/aromatic N) is 2. The molecule has 2 N–H and O–H groups in total. The lowest BCUT2D eigenvalue weighted by molar-refractivity contribution is 0.407. The lowest BCUT2D eigenvalue weighted by atomic mass is 10.1. The largest absolute Gasteiger partial charge is 0.458 e. The molecule has 0 aliphatic rings. The summed E-state index contributed by atoms with van der Waals surface area (Å²) in [5.41, 5.74) is 8.79. The van der Waals surface area contributed by atoms with E-state index in [4.69, 9.17) is 15.1 Å². The molecule has 0 saturated carbocycles. The first kappa shape index (κ1) is 13.9. The molecule has 0 amide bonds. The first-order chi connectivity index (χ1) is 9.90. The highest BCUT2D eigenvalue weighted by atomic mass is 16.3. The van der Waals surface area contributed by atoms with Crippen LogP contribution in [-0.2, 0) is 12.1 Å². The number of hydrogen-bond acceptors (Lipinski definition) is 3. The Bertz CT molecular complexity index is 790. The lowest BCUT2D eigenvalue weighted by Crippen LogP contribution is -2.22. The molecular weight excluding hydrogens is 262 g/mol. The van der Waals surface area contributed by atoms with Crippen molar-refractivity contribution in [2.45, 2.75) is 39.8 Å². The predicted octanol–water partition coefficient (Wildman–Crippen LogP) is 3.82. The minimum Gasteiger partial charge on any atom is -0.458 e. The Morgan fingerprint density at radius 3 is 2.52 bits per heavy atom. The maximum absolute atomic E-state index is 5.78. The number of hydrogen-bond donors (Lipinski definition) is 1. The van der Waals surface area contributed by atoms with Crippen molar-refractivity contribution in [1.29, 1.82) is 0 Å². The van der Waals surface area contributed by atoms with Crippen LogP contribution in [0.25, 0.3) is 22.6 Å². The van der Waals surface area contributed by atoms with Gasteiger partial charge in [-0.05, 0) is 57.5 Å². The molecule has 4 nitrogen and oxygen atoms in total. The summed E-state index contributed by atoms with van der Waals surface area (Å²) >= 11 is 0. The average Bonchev–Trinajstić information content (AvgIpc) is 3.00. The topological polar surface area (TPSA) is 57.0 Å². The first-order valence-electron chi connectivity index (χ1n) is 7.19. The molecule has 2 heterocycles. The molecule has 4 heteroatoms. The predicted molar refractivity (Wildman–Crippen MR) is 85.1 cm³/mol. The SMILES string of the molecule is Cc1ccc(-c2nc3cc(CN)ccc3n2C(C)(C)C)o1. The van der Waals surface area contributed by atoms with E-state index in [0.29, 0.717) is 6.54 Å². The standard InChI is InChI=1S/C17H21N3O/c1-11-5-8-15(21-11)16-19-13-9-12(10-18)6-7-14(13)20(16)17(2,3)4/h5-9H,10,18H2,1-4H3. The minimum atomic E-state index is -0.0883. The molecule has 0 bridgehead atoms. The second-order valence-electron chi connectivity index (χ2n) is 6.38. The van der Waals surface area contributed by atoms with E-state index < -0.39 is 0 Å². The van der Waals surface area contributed by atoms with Crippen LogP contribution in [0.1, 0.15) is 32.1 Å². The van der Waals surface area contributed by atoms with Gasteiger partial charge in [0.2, 0.25) is 0 Å². The van der Waals surface area contributed by atoms with E-state index in [1.165, 1.54) is 0 Å². The molecule has 0 fully saturated rings. The summed E-state index contributed by atoms with van der Waals surface area (Å²) in [5.74, 6) is 2.55. The smallest absolute Gasteiger partial charge is 0.177 e. The van der Waals surface area contributed by atoms with E-state index in [2.05, 4.69) is 43.5 Å². The zero-order chi connectivity index (χ0) is 15.2. The van der Waals surface area contributed by atoms with Crippen LogP contribution < -0.4 is 5.73 Å². The molecule has 0 aliphatic heterocycles. The summed E-state index contributed by atoms with van der Waals surface area (Å²) in [4.78, 5) is 4.78. The summed E-state index contributed by atoms with van der Waals surface area (Å²) in [6.07, 6.45) is 0. The van der Waals surface area contributed by atoms with Gasteiger partial charge in [0.05, 0.1) is 11.0 Å². The van der Waals surface area contributed by atoms with E-state index in [0.717, 1.165) is 33.9 Å². The fraction of sp³-hybridized carbons (Fsp3) is 0.353. The van der Waals surface area contributed by atoms with Crippen LogP contribution in [0.15, 0.2) is 34.7 Å². The van der Waals surface area contributed by atoms with Crippen molar-refractivity contribution in [2.75, 3.05) is 0 Å². The minimum absolute atomic E-state index is 0.0883. The number of aromatic nitrogens is 2. The first-order valence-corrected chi connectivity index (χ1v) is 7.19. The fourth-order valence-electron chi connectivity index (χ4n) is 2.65. The molecule has 2 aromatic heterocycles. The average molecular weight is 283 g/mol. The van der Waals surface area contributed by atoms with E-state index in [1.54, 1.807) is 0 Å². The highest BCUT2D eigenvalue weighted by molar-refractivity contribution is 5.81. The number of benzene rings is 1. The van der Waals surface area contributed by atoms with Gasteiger partial charge in [-0.1, -0.05) is 6.07 Å². The lowest BCUT2D eigenvalue weighted by Gasteiger charge is -2.24. The zero-order valence-corrected chi connectivity index (χ0v) is 13.0. The number of imidazole rings is 1. The highest BCUT2D eigenvalue weighted by Gasteiger charge is 2.24. The van der Waals surface area contributed by atoms with Gasteiger partial charge in [0.15, 0.2) is 11.6 Å². The van der Waals surface area contributed by atoms with Gasteiger partial charge in [-0.25, -0.2) is 4.98 Å². The third-order valence-electron chi connectivity index (χ3n) is 3.59. The maximum atomic E-state index is 5.78. The van der Waals surface area contributed by atoms with Crippen LogP contribution in [-0.4, -0.2) is 9.55 Å². The van der Waals surface area contributed by atoms with Crippen LogP contribution in [0, 0.1) is 6.92 Å². The Labute approximate surface area is 124 Å². The fourth-order valence-corrected chi connectivity index (χ4v) is 2.65. The molecule has 0 radical (unpaired) electrons. The van der Waals surface area contributed by atoms with E-state index in [1.807, 2.05) is 19.1 Å². The normalized spacial score (nSPS) is 12.2. The summed E-state index contributed by atoms with van der Waals surface area (Å²) in [6, 6.07) is 10.1. The van der Waals surface area contributed by atoms with Crippen molar-refractivity contribution in [1.82, 2.24) is 9.55 Å². The van der Waals surface area contributed by atoms with Crippen molar-refractivity contribution in [2.24, 2.45) is 5.73 Å². The Hall–Kier alpha value is -2.07. The number of aryl methyl sites for hydroxylation is 1. The number of furan rings is 1. The Kier molecular flexibility index (Phi) is 3.14. The Balaban J connectivity index is 2.32. The molecular formula is C17H21N3O. The van der Waals surface area contributed by atoms with Crippen molar-refractivity contribution in [3.05, 3.63) is 41.7 Å². The van der Waals surface area contributed by atoms with Gasteiger partial charge >= 0.3 is 0 Å². The van der Waals surface area contributed by atoms with Gasteiger partial charge in [-0.3, -0.25) is 0 Å².